The Morgan fingerprint density at radius 3 is 3.05 bits per heavy atom. The molecule has 3 rings (SSSR count). The number of rotatable bonds is 3. The van der Waals surface area contributed by atoms with Crippen molar-refractivity contribution in [2.45, 2.75) is 26.0 Å². The maximum absolute atomic E-state index is 9.65. The summed E-state index contributed by atoms with van der Waals surface area (Å²) in [4.78, 5) is 6.72. The zero-order valence-corrected chi connectivity index (χ0v) is 12.2. The Balaban J connectivity index is 1.74. The number of aliphatic imine (C=N–C) groups is 1. The third kappa shape index (κ3) is 3.19. The fraction of sp³-hybridized carbons (Fsp3) is 0.438. The lowest BCUT2D eigenvalue weighted by molar-refractivity contribution is 0.188. The smallest absolute Gasteiger partial charge is 0.194 e. The Kier molecular flexibility index (Phi) is 4.10. The molecule has 5 nitrogen and oxygen atoms in total. The average Bonchev–Trinajstić information content (AvgIpc) is 3.09. The van der Waals surface area contributed by atoms with E-state index >= 15 is 0 Å². The monoisotopic (exact) mass is 287 g/mol. The van der Waals surface area contributed by atoms with Gasteiger partial charge in [0.15, 0.2) is 5.96 Å². The summed E-state index contributed by atoms with van der Waals surface area (Å²) in [5, 5.41) is 14.0. The van der Waals surface area contributed by atoms with Gasteiger partial charge in [-0.2, -0.15) is 0 Å². The van der Waals surface area contributed by atoms with Gasteiger partial charge in [-0.3, -0.25) is 0 Å². The molecule has 0 aliphatic carbocycles. The second-order valence-corrected chi connectivity index (χ2v) is 5.31. The highest BCUT2D eigenvalue weighted by Gasteiger charge is 2.22. The Labute approximate surface area is 124 Å². The third-order valence-corrected chi connectivity index (χ3v) is 3.66. The van der Waals surface area contributed by atoms with Crippen LogP contribution in [-0.4, -0.2) is 41.7 Å². The standard InChI is InChI=1S/C16H21N3O2/c1-2-17-16(19-8-7-13(20)11-19)18-10-14-9-12-5-3-4-6-15(12)21-14/h3-6,9,13,20H,2,7-8,10-11H2,1H3,(H,17,18)/t13-/m1/s1. The molecule has 5 heteroatoms. The van der Waals surface area contributed by atoms with Gasteiger partial charge in [0, 0.05) is 25.0 Å². The van der Waals surface area contributed by atoms with E-state index < -0.39 is 0 Å². The van der Waals surface area contributed by atoms with E-state index in [1.807, 2.05) is 37.3 Å². The highest BCUT2D eigenvalue weighted by molar-refractivity contribution is 5.80. The first-order chi connectivity index (χ1) is 10.3. The van der Waals surface area contributed by atoms with E-state index in [1.165, 1.54) is 0 Å². The van der Waals surface area contributed by atoms with E-state index in [0.29, 0.717) is 13.1 Å². The van der Waals surface area contributed by atoms with Gasteiger partial charge in [0.05, 0.1) is 6.10 Å². The van der Waals surface area contributed by atoms with Crippen molar-refractivity contribution in [3.63, 3.8) is 0 Å². The normalized spacial score (nSPS) is 19.4. The number of nitrogens with zero attached hydrogens (tertiary/aromatic N) is 2. The van der Waals surface area contributed by atoms with Gasteiger partial charge >= 0.3 is 0 Å². The van der Waals surface area contributed by atoms with Gasteiger partial charge in [-0.25, -0.2) is 4.99 Å². The van der Waals surface area contributed by atoms with Crippen LogP contribution in [0.25, 0.3) is 11.0 Å². The highest BCUT2D eigenvalue weighted by atomic mass is 16.3. The summed E-state index contributed by atoms with van der Waals surface area (Å²) in [5.41, 5.74) is 0.893. The Bertz CT molecular complexity index is 602. The van der Waals surface area contributed by atoms with Gasteiger partial charge in [-0.15, -0.1) is 0 Å². The number of likely N-dealkylation sites (tertiary alicyclic amines) is 1. The van der Waals surface area contributed by atoms with Crippen LogP contribution in [0.2, 0.25) is 0 Å². The molecular weight excluding hydrogens is 266 g/mol. The van der Waals surface area contributed by atoms with Crippen LogP contribution < -0.4 is 5.32 Å². The van der Waals surface area contributed by atoms with Crippen LogP contribution in [0.5, 0.6) is 0 Å². The van der Waals surface area contributed by atoms with E-state index in [0.717, 1.165) is 42.2 Å². The minimum atomic E-state index is -0.250. The molecule has 0 amide bonds. The molecule has 2 N–H and O–H groups in total. The van der Waals surface area contributed by atoms with E-state index in [2.05, 4.69) is 15.2 Å². The predicted octanol–water partition coefficient (Wildman–Crippen LogP) is 1.96. The van der Waals surface area contributed by atoms with Crippen LogP contribution in [0.3, 0.4) is 0 Å². The molecule has 2 heterocycles. The van der Waals surface area contributed by atoms with Crippen molar-refractivity contribution in [1.82, 2.24) is 10.2 Å². The van der Waals surface area contributed by atoms with E-state index in [1.54, 1.807) is 0 Å². The van der Waals surface area contributed by atoms with Crippen LogP contribution in [0.1, 0.15) is 19.1 Å². The molecule has 21 heavy (non-hydrogen) atoms. The number of hydrogen-bond donors (Lipinski definition) is 2. The number of para-hydroxylation sites is 1. The zero-order chi connectivity index (χ0) is 14.7. The average molecular weight is 287 g/mol. The molecule has 1 saturated heterocycles. The molecule has 1 aromatic heterocycles. The topological polar surface area (TPSA) is 61.0 Å². The molecule has 1 fully saturated rings. The van der Waals surface area contributed by atoms with Crippen molar-refractivity contribution in [3.05, 3.63) is 36.1 Å². The largest absolute Gasteiger partial charge is 0.459 e. The lowest BCUT2D eigenvalue weighted by Crippen LogP contribution is -2.40. The molecule has 0 unspecified atom stereocenters. The minimum Gasteiger partial charge on any atom is -0.459 e. The number of aliphatic hydroxyl groups is 1. The highest BCUT2D eigenvalue weighted by Crippen LogP contribution is 2.19. The third-order valence-electron chi connectivity index (χ3n) is 3.66. The first-order valence-electron chi connectivity index (χ1n) is 7.45. The molecule has 112 valence electrons. The maximum atomic E-state index is 9.65. The summed E-state index contributed by atoms with van der Waals surface area (Å²) in [6.45, 7) is 4.84. The summed E-state index contributed by atoms with van der Waals surface area (Å²) < 4.78 is 5.78. The van der Waals surface area contributed by atoms with Gasteiger partial charge < -0.3 is 19.7 Å². The van der Waals surface area contributed by atoms with E-state index in [-0.39, 0.29) is 6.10 Å². The second kappa shape index (κ2) is 6.18. The zero-order valence-electron chi connectivity index (χ0n) is 12.2. The van der Waals surface area contributed by atoms with Crippen LogP contribution in [0.15, 0.2) is 39.7 Å². The van der Waals surface area contributed by atoms with Crippen LogP contribution in [0, 0.1) is 0 Å². The first-order valence-corrected chi connectivity index (χ1v) is 7.45. The number of benzene rings is 1. The van der Waals surface area contributed by atoms with Crippen LogP contribution in [-0.2, 0) is 6.54 Å². The molecule has 1 atom stereocenters. The number of guanidine groups is 1. The van der Waals surface area contributed by atoms with Gasteiger partial charge in [-0.1, -0.05) is 18.2 Å². The fourth-order valence-corrected chi connectivity index (χ4v) is 2.63. The molecule has 0 saturated carbocycles. The van der Waals surface area contributed by atoms with Crippen molar-refractivity contribution in [3.8, 4) is 0 Å². The van der Waals surface area contributed by atoms with E-state index in [4.69, 9.17) is 4.42 Å². The lowest BCUT2D eigenvalue weighted by Gasteiger charge is -2.20. The summed E-state index contributed by atoms with van der Waals surface area (Å²) in [5.74, 6) is 1.70. The van der Waals surface area contributed by atoms with Gasteiger partial charge in [0.25, 0.3) is 0 Å². The molecule has 0 bridgehead atoms. The summed E-state index contributed by atoms with van der Waals surface area (Å²) in [6, 6.07) is 10.00. The lowest BCUT2D eigenvalue weighted by atomic mass is 10.2. The molecule has 1 aliphatic rings. The molecule has 1 aromatic carbocycles. The number of furan rings is 1. The molecule has 0 radical (unpaired) electrons. The number of β-amino-alcohol motifs (C(OH)–C–C–N with tert-alkyl or cyclic N) is 1. The van der Waals surface area contributed by atoms with E-state index in [9.17, 15) is 5.11 Å². The van der Waals surface area contributed by atoms with Gasteiger partial charge in [0.2, 0.25) is 0 Å². The second-order valence-electron chi connectivity index (χ2n) is 5.31. The number of nitrogens with one attached hydrogen (secondary N) is 1. The molecule has 0 spiro atoms. The first kappa shape index (κ1) is 13.9. The van der Waals surface area contributed by atoms with Crippen molar-refractivity contribution in [2.75, 3.05) is 19.6 Å². The van der Waals surface area contributed by atoms with Crippen molar-refractivity contribution >= 4 is 16.9 Å². The molecular formula is C16H21N3O2. The number of aliphatic hydroxyl groups excluding tert-OH is 1. The quantitative estimate of drug-likeness (QED) is 0.669. The van der Waals surface area contributed by atoms with Crippen LogP contribution in [0.4, 0.5) is 0 Å². The van der Waals surface area contributed by atoms with Crippen molar-refractivity contribution in [2.24, 2.45) is 4.99 Å². The Hall–Kier alpha value is -2.01. The summed E-state index contributed by atoms with van der Waals surface area (Å²) in [7, 11) is 0. The fourth-order valence-electron chi connectivity index (χ4n) is 2.63. The van der Waals surface area contributed by atoms with Crippen LogP contribution >= 0.6 is 0 Å². The minimum absolute atomic E-state index is 0.250. The van der Waals surface area contributed by atoms with Crippen molar-refractivity contribution < 1.29 is 9.52 Å². The number of fused-ring (bicyclic) bond motifs is 1. The summed E-state index contributed by atoms with van der Waals surface area (Å²) >= 11 is 0. The molecule has 2 aromatic rings. The SMILES string of the molecule is CCNC(=NCc1cc2ccccc2o1)N1CC[C@@H](O)C1. The maximum Gasteiger partial charge on any atom is 0.194 e. The Morgan fingerprint density at radius 2 is 2.33 bits per heavy atom. The summed E-state index contributed by atoms with van der Waals surface area (Å²) in [6.07, 6.45) is 0.551. The van der Waals surface area contributed by atoms with Gasteiger partial charge in [-0.05, 0) is 25.5 Å². The number of hydrogen-bond acceptors (Lipinski definition) is 3. The predicted molar refractivity (Wildman–Crippen MR) is 83.2 cm³/mol. The van der Waals surface area contributed by atoms with Crippen molar-refractivity contribution in [1.29, 1.82) is 0 Å². The Morgan fingerprint density at radius 1 is 1.48 bits per heavy atom. The van der Waals surface area contributed by atoms with Gasteiger partial charge in [0.1, 0.15) is 17.9 Å². The molecule has 1 aliphatic heterocycles.